The van der Waals surface area contributed by atoms with Gasteiger partial charge in [-0.25, -0.2) is 12.8 Å². The van der Waals surface area contributed by atoms with Gasteiger partial charge in [0.05, 0.1) is 16.5 Å². The number of carbonyl (C=O) groups is 2. The molecule has 1 saturated heterocycles. The normalized spacial score (nSPS) is 22.1. The number of carboxylic acids is 1. The molecule has 0 saturated carbocycles. The average Bonchev–Trinajstić information content (AvgIpc) is 2.48. The molecule has 2 unspecified atom stereocenters. The lowest BCUT2D eigenvalue weighted by molar-refractivity contribution is -0.143. The van der Waals surface area contributed by atoms with Crippen molar-refractivity contribution in [2.24, 2.45) is 5.92 Å². The predicted molar refractivity (Wildman–Crippen MR) is 84.4 cm³/mol. The lowest BCUT2D eigenvalue weighted by Crippen LogP contribution is -2.47. The minimum Gasteiger partial charge on any atom is -0.481 e. The Balaban J connectivity index is 2.38. The summed E-state index contributed by atoms with van der Waals surface area (Å²) in [6.07, 6.45) is 0.832. The number of sulfonamides is 1. The number of benzene rings is 1. The second kappa shape index (κ2) is 6.86. The van der Waals surface area contributed by atoms with Gasteiger partial charge in [0.25, 0.3) is 0 Å². The van der Waals surface area contributed by atoms with Gasteiger partial charge >= 0.3 is 5.97 Å². The van der Waals surface area contributed by atoms with E-state index in [0.29, 0.717) is 12.8 Å². The van der Waals surface area contributed by atoms with Crippen LogP contribution < -0.4 is 5.32 Å². The third-order valence-corrected chi connectivity index (χ3v) is 6.01. The number of carboxylic acid groups (broad SMARTS) is 1. The zero-order valence-corrected chi connectivity index (χ0v) is 14.1. The van der Waals surface area contributed by atoms with E-state index in [0.717, 1.165) is 22.5 Å². The number of anilines is 1. The molecule has 1 amide bonds. The summed E-state index contributed by atoms with van der Waals surface area (Å²) in [6.45, 7) is 2.75. The SMILES string of the molecule is CC(=O)Nc1cc(S(=O)(=O)N2CC(C(=O)O)CCC2C)ccc1F. The molecular weight excluding hydrogens is 339 g/mol. The van der Waals surface area contributed by atoms with Crippen LogP contribution in [-0.2, 0) is 19.6 Å². The van der Waals surface area contributed by atoms with Crippen LogP contribution in [0.4, 0.5) is 10.1 Å². The summed E-state index contributed by atoms with van der Waals surface area (Å²) in [6, 6.07) is 2.75. The molecule has 0 radical (unpaired) electrons. The summed E-state index contributed by atoms with van der Waals surface area (Å²) in [4.78, 5) is 22.1. The largest absolute Gasteiger partial charge is 0.481 e. The van der Waals surface area contributed by atoms with Gasteiger partial charge < -0.3 is 10.4 Å². The first-order valence-corrected chi connectivity index (χ1v) is 8.88. The fourth-order valence-corrected chi connectivity index (χ4v) is 4.43. The third-order valence-electron chi connectivity index (χ3n) is 4.03. The van der Waals surface area contributed by atoms with E-state index in [-0.39, 0.29) is 23.2 Å². The van der Waals surface area contributed by atoms with Crippen LogP contribution in [0.3, 0.4) is 0 Å². The maximum atomic E-state index is 13.7. The molecule has 0 spiro atoms. The van der Waals surface area contributed by atoms with Crippen molar-refractivity contribution in [2.45, 2.75) is 37.6 Å². The molecule has 2 atom stereocenters. The smallest absolute Gasteiger partial charge is 0.307 e. The lowest BCUT2D eigenvalue weighted by atomic mass is 9.96. The highest BCUT2D eigenvalue weighted by Crippen LogP contribution is 2.30. The average molecular weight is 358 g/mol. The van der Waals surface area contributed by atoms with Crippen molar-refractivity contribution in [1.29, 1.82) is 0 Å². The zero-order chi connectivity index (χ0) is 18.1. The van der Waals surface area contributed by atoms with Gasteiger partial charge in [-0.1, -0.05) is 0 Å². The monoisotopic (exact) mass is 358 g/mol. The molecule has 132 valence electrons. The van der Waals surface area contributed by atoms with E-state index >= 15 is 0 Å². The first kappa shape index (κ1) is 18.3. The van der Waals surface area contributed by atoms with Crippen LogP contribution >= 0.6 is 0 Å². The van der Waals surface area contributed by atoms with Crippen molar-refractivity contribution >= 4 is 27.6 Å². The molecular formula is C15H19FN2O5S. The molecule has 1 aliphatic heterocycles. The maximum Gasteiger partial charge on any atom is 0.307 e. The van der Waals surface area contributed by atoms with Crippen LogP contribution in [-0.4, -0.2) is 42.3 Å². The first-order valence-electron chi connectivity index (χ1n) is 7.44. The summed E-state index contributed by atoms with van der Waals surface area (Å²) < 4.78 is 40.5. The summed E-state index contributed by atoms with van der Waals surface area (Å²) >= 11 is 0. The number of rotatable bonds is 4. The number of amides is 1. The highest BCUT2D eigenvalue weighted by atomic mass is 32.2. The number of aliphatic carboxylic acids is 1. The summed E-state index contributed by atoms with van der Waals surface area (Å²) in [5.41, 5.74) is -0.233. The number of halogens is 1. The second-order valence-corrected chi connectivity index (χ2v) is 7.75. The van der Waals surface area contributed by atoms with Crippen molar-refractivity contribution in [3.63, 3.8) is 0 Å². The third kappa shape index (κ3) is 3.73. The molecule has 2 N–H and O–H groups in total. The Kier molecular flexibility index (Phi) is 5.24. The highest BCUT2D eigenvalue weighted by Gasteiger charge is 2.37. The maximum absolute atomic E-state index is 13.7. The van der Waals surface area contributed by atoms with Gasteiger partial charge in [-0.05, 0) is 38.0 Å². The highest BCUT2D eigenvalue weighted by molar-refractivity contribution is 7.89. The van der Waals surface area contributed by atoms with Crippen LogP contribution in [0, 0.1) is 11.7 Å². The Labute approximate surface area is 139 Å². The van der Waals surface area contributed by atoms with E-state index in [1.165, 1.54) is 6.92 Å². The number of carbonyl (C=O) groups excluding carboxylic acids is 1. The molecule has 24 heavy (non-hydrogen) atoms. The zero-order valence-electron chi connectivity index (χ0n) is 13.3. The van der Waals surface area contributed by atoms with Crippen molar-refractivity contribution in [2.75, 3.05) is 11.9 Å². The van der Waals surface area contributed by atoms with E-state index < -0.39 is 33.6 Å². The quantitative estimate of drug-likeness (QED) is 0.852. The summed E-state index contributed by atoms with van der Waals surface area (Å²) in [5.74, 6) is -3.09. The molecule has 0 aliphatic carbocycles. The van der Waals surface area contributed by atoms with Gasteiger partial charge in [0, 0.05) is 19.5 Å². The molecule has 1 heterocycles. The number of hydrogen-bond donors (Lipinski definition) is 2. The van der Waals surface area contributed by atoms with Crippen LogP contribution in [0.2, 0.25) is 0 Å². The van der Waals surface area contributed by atoms with Crippen molar-refractivity contribution in [3.05, 3.63) is 24.0 Å². The van der Waals surface area contributed by atoms with Crippen molar-refractivity contribution in [3.8, 4) is 0 Å². The van der Waals surface area contributed by atoms with Gasteiger partial charge in [-0.15, -0.1) is 0 Å². The Morgan fingerprint density at radius 3 is 2.58 bits per heavy atom. The van der Waals surface area contributed by atoms with Crippen LogP contribution in [0.25, 0.3) is 0 Å². The van der Waals surface area contributed by atoms with E-state index in [1.54, 1.807) is 6.92 Å². The summed E-state index contributed by atoms with van der Waals surface area (Å²) in [7, 11) is -4.00. The lowest BCUT2D eigenvalue weighted by Gasteiger charge is -2.35. The first-order chi connectivity index (χ1) is 11.1. The van der Waals surface area contributed by atoms with Crippen molar-refractivity contribution in [1.82, 2.24) is 4.31 Å². The molecule has 0 aromatic heterocycles. The number of hydrogen-bond acceptors (Lipinski definition) is 4. The Hall–Kier alpha value is -2.00. The molecule has 1 fully saturated rings. The fraction of sp³-hybridized carbons (Fsp3) is 0.467. The Morgan fingerprint density at radius 1 is 1.33 bits per heavy atom. The van der Waals surface area contributed by atoms with Gasteiger partial charge in [-0.2, -0.15) is 4.31 Å². The second-order valence-electron chi connectivity index (χ2n) is 5.86. The number of nitrogens with zero attached hydrogens (tertiary/aromatic N) is 1. The molecule has 7 nitrogen and oxygen atoms in total. The van der Waals surface area contributed by atoms with Crippen LogP contribution in [0.5, 0.6) is 0 Å². The minimum atomic E-state index is -4.00. The number of piperidine rings is 1. The van der Waals surface area contributed by atoms with Crippen LogP contribution in [0.15, 0.2) is 23.1 Å². The van der Waals surface area contributed by atoms with Crippen LogP contribution in [0.1, 0.15) is 26.7 Å². The fourth-order valence-electron chi connectivity index (χ4n) is 2.70. The van der Waals surface area contributed by atoms with Gasteiger partial charge in [0.2, 0.25) is 15.9 Å². The van der Waals surface area contributed by atoms with E-state index in [4.69, 9.17) is 5.11 Å². The molecule has 1 aromatic rings. The topological polar surface area (TPSA) is 104 Å². The van der Waals surface area contributed by atoms with E-state index in [2.05, 4.69) is 5.32 Å². The molecule has 1 aliphatic rings. The predicted octanol–water partition coefficient (Wildman–Crippen LogP) is 1.66. The van der Waals surface area contributed by atoms with Gasteiger partial charge in [0.1, 0.15) is 5.82 Å². The van der Waals surface area contributed by atoms with Gasteiger partial charge in [0.15, 0.2) is 0 Å². The standard InChI is InChI=1S/C15H19FN2O5S/c1-9-3-4-11(15(20)21)8-18(9)24(22,23)12-5-6-13(16)14(7-12)17-10(2)19/h5-7,9,11H,3-4,8H2,1-2H3,(H,17,19)(H,20,21). The Bertz CT molecular complexity index is 765. The Morgan fingerprint density at radius 2 is 2.00 bits per heavy atom. The van der Waals surface area contributed by atoms with Gasteiger partial charge in [-0.3, -0.25) is 9.59 Å². The molecule has 2 rings (SSSR count). The molecule has 0 bridgehead atoms. The number of nitrogens with one attached hydrogen (secondary N) is 1. The van der Waals surface area contributed by atoms with E-state index in [1.807, 2.05) is 0 Å². The summed E-state index contributed by atoms with van der Waals surface area (Å²) in [5, 5.41) is 11.4. The van der Waals surface area contributed by atoms with Crippen molar-refractivity contribution < 1.29 is 27.5 Å². The molecule has 9 heteroatoms. The molecule has 1 aromatic carbocycles. The minimum absolute atomic E-state index is 0.133. The van der Waals surface area contributed by atoms with E-state index in [9.17, 15) is 22.4 Å².